The minimum absolute atomic E-state index is 0.00416. The molecule has 4 heterocycles. The zero-order valence-corrected chi connectivity index (χ0v) is 56.5. The Bertz CT molecular complexity index is 3520. The minimum Gasteiger partial charge on any atom is -0.493 e. The molecule has 27 nitrogen and oxygen atoms in total. The second-order valence-electron chi connectivity index (χ2n) is 25.7. The third-order valence-corrected chi connectivity index (χ3v) is 16.7. The van der Waals surface area contributed by atoms with Gasteiger partial charge in [0.2, 0.25) is 0 Å². The molecule has 4 atom stereocenters. The third kappa shape index (κ3) is 21.4. The number of rotatable bonds is 36. The Balaban J connectivity index is 0.964. The zero-order valence-electron chi connectivity index (χ0n) is 56.5. The number of ether oxygens (including phenoxy) is 6. The highest BCUT2D eigenvalue weighted by Gasteiger charge is 2.36. The number of aliphatic hydroxyl groups is 2. The molecule has 2 fully saturated rings. The fourth-order valence-corrected chi connectivity index (χ4v) is 11.6. The van der Waals surface area contributed by atoms with E-state index in [1.165, 1.54) is 70.0 Å². The quantitative estimate of drug-likeness (QED) is 0.0141. The Morgan fingerprint density at radius 1 is 0.711 bits per heavy atom. The molecule has 524 valence electrons. The number of benzene rings is 3. The lowest BCUT2D eigenvalue weighted by atomic mass is 9.87. The lowest BCUT2D eigenvalue weighted by Crippen LogP contribution is -2.38. The van der Waals surface area contributed by atoms with E-state index in [4.69, 9.17) is 34.2 Å². The second kappa shape index (κ2) is 35.4. The van der Waals surface area contributed by atoms with Gasteiger partial charge in [0.1, 0.15) is 24.0 Å². The molecule has 0 bridgehead atoms. The number of imide groups is 1. The van der Waals surface area contributed by atoms with Gasteiger partial charge in [-0.2, -0.15) is 0 Å². The van der Waals surface area contributed by atoms with Gasteiger partial charge in [0.25, 0.3) is 23.6 Å². The van der Waals surface area contributed by atoms with E-state index in [9.17, 15) is 53.4 Å². The number of aromatic nitrogens is 3. The molecule has 3 aliphatic rings. The first-order chi connectivity index (χ1) is 46.3. The molecule has 3 aromatic carbocycles. The van der Waals surface area contributed by atoms with Crippen molar-refractivity contribution in [1.82, 2.24) is 35.0 Å². The molecule has 97 heavy (non-hydrogen) atoms. The van der Waals surface area contributed by atoms with Crippen molar-refractivity contribution >= 4 is 64.8 Å². The van der Waals surface area contributed by atoms with Crippen LogP contribution >= 0.6 is 0 Å². The van der Waals surface area contributed by atoms with Gasteiger partial charge in [0.15, 0.2) is 28.8 Å². The number of unbranched alkanes of at least 4 members (excludes halogenated alkanes) is 4. The summed E-state index contributed by atoms with van der Waals surface area (Å²) in [7, 11) is 2.84. The Morgan fingerprint density at radius 2 is 1.25 bits per heavy atom. The molecule has 0 unspecified atom stereocenters. The summed E-state index contributed by atoms with van der Waals surface area (Å²) < 4.78 is 36.4. The monoisotopic (exact) mass is 1340 g/mol. The summed E-state index contributed by atoms with van der Waals surface area (Å²) in [5, 5.41) is 37.0. The number of ketones is 2. The summed E-state index contributed by atoms with van der Waals surface area (Å²) in [5.41, 5.74) is 8.11. The molecule has 0 saturated carbocycles. The SMILES string of the molecule is C=C1C[C@H](CO)N(C(=O)c2cc(OC)c(OCCCCCOc3cc(NC(=O)OC(C)(C)C)c(C(=O)N4CC(=C)C[C@@H]4CO)cc3OC)cc2NC(=O)OCc2ccc(CC(=O)[C@H](CCCNC(N)=O)n3cc([C@@H](CC(=O)CCCCCN4C(=O)C=CC4=O)C(C)C)nn3)cc2)C1. The predicted molar refractivity (Wildman–Crippen MR) is 358 cm³/mol. The van der Waals surface area contributed by atoms with E-state index in [1.54, 1.807) is 51.2 Å². The van der Waals surface area contributed by atoms with E-state index < -0.39 is 53.8 Å². The van der Waals surface area contributed by atoms with Crippen molar-refractivity contribution in [2.45, 2.75) is 154 Å². The van der Waals surface area contributed by atoms with Crippen molar-refractivity contribution in [2.24, 2.45) is 11.7 Å². The molecule has 8 amide bonds. The van der Waals surface area contributed by atoms with Gasteiger partial charge in [-0.3, -0.25) is 44.3 Å². The zero-order chi connectivity index (χ0) is 70.5. The number of likely N-dealkylation sites (tertiary alicyclic amines) is 2. The summed E-state index contributed by atoms with van der Waals surface area (Å²) in [6.07, 6.45) is 8.02. The molecule has 7 rings (SSSR count). The summed E-state index contributed by atoms with van der Waals surface area (Å²) in [5.74, 6) is -1.17. The van der Waals surface area contributed by atoms with Crippen molar-refractivity contribution < 1.29 is 81.8 Å². The van der Waals surface area contributed by atoms with Crippen LogP contribution in [0.1, 0.15) is 161 Å². The molecular weight excluding hydrogens is 1250 g/mol. The number of Topliss-reactive ketones (excluding diaryl/α,β-unsaturated/α-hetero) is 2. The standard InChI is InChI=1S/C70H92N10O17/c1-43(2)51(32-50(83)17-12-10-13-26-77-63(85)23-24-64(77)86)56-39-80(76-75-56)57(18-16-25-72-67(71)89)58(84)31-46-19-21-47(22-20-46)42-96-68(90)73-54-35-61(59(92-8)33-52(54)65(87)78-37-44(3)29-48(78)40-81)94-27-14-11-15-28-95-62-36-55(74-69(91)97-70(5,6)7)53(34-60(62)93-9)66(88)79-38-45(4)30-49(79)41-82/h19-24,33-36,39,43,48-49,51,57,81-82H,3-4,10-18,25-32,37-38,40-42H2,1-2,5-9H3,(H,73,90)(H,74,91)(H3,71,72,89)/t48-,49-,51+,57+/m1/s1. The average molecular weight is 1350 g/mol. The second-order valence-corrected chi connectivity index (χ2v) is 25.7. The van der Waals surface area contributed by atoms with Gasteiger partial charge >= 0.3 is 18.2 Å². The number of nitrogens with two attached hydrogens (primary N) is 1. The van der Waals surface area contributed by atoms with E-state index >= 15 is 0 Å². The van der Waals surface area contributed by atoms with Crippen molar-refractivity contribution in [3.63, 3.8) is 0 Å². The van der Waals surface area contributed by atoms with E-state index in [0.717, 1.165) is 11.1 Å². The minimum atomic E-state index is -0.904. The summed E-state index contributed by atoms with van der Waals surface area (Å²) >= 11 is 0. The number of hydrogen-bond acceptors (Lipinski definition) is 19. The average Bonchev–Trinajstić information content (AvgIpc) is 1.78. The Labute approximate surface area is 565 Å². The van der Waals surface area contributed by atoms with Crippen molar-refractivity contribution in [3.05, 3.63) is 119 Å². The molecule has 0 radical (unpaired) electrons. The van der Waals surface area contributed by atoms with Crippen LogP contribution in [0.15, 0.2) is 91.2 Å². The largest absolute Gasteiger partial charge is 0.493 e. The molecule has 7 N–H and O–H groups in total. The number of nitrogens with one attached hydrogen (secondary N) is 3. The molecule has 1 aromatic heterocycles. The molecule has 0 aliphatic carbocycles. The highest BCUT2D eigenvalue weighted by atomic mass is 16.6. The Morgan fingerprint density at radius 3 is 1.76 bits per heavy atom. The van der Waals surface area contributed by atoms with Crippen LogP contribution in [-0.2, 0) is 41.7 Å². The molecule has 0 spiro atoms. The van der Waals surface area contributed by atoms with Gasteiger partial charge in [0, 0.05) is 81.8 Å². The molecule has 3 aliphatic heterocycles. The van der Waals surface area contributed by atoms with Crippen LogP contribution in [-0.4, -0.2) is 178 Å². The number of methoxy groups -OCH3 is 2. The summed E-state index contributed by atoms with van der Waals surface area (Å²) in [6.45, 7) is 17.6. The molecule has 27 heteroatoms. The van der Waals surface area contributed by atoms with Gasteiger partial charge in [-0.25, -0.2) is 19.1 Å². The number of carbonyl (C=O) groups excluding carboxylic acids is 9. The van der Waals surface area contributed by atoms with Gasteiger partial charge < -0.3 is 59.5 Å². The lowest BCUT2D eigenvalue weighted by Gasteiger charge is -2.25. The fourth-order valence-electron chi connectivity index (χ4n) is 11.6. The van der Waals surface area contributed by atoms with Gasteiger partial charge in [-0.1, -0.05) is 74.1 Å². The van der Waals surface area contributed by atoms with Crippen LogP contribution in [0, 0.1) is 5.92 Å². The molecule has 2 saturated heterocycles. The Hall–Kier alpha value is -9.63. The van der Waals surface area contributed by atoms with Crippen molar-refractivity contribution in [2.75, 3.05) is 77.5 Å². The van der Waals surface area contributed by atoms with E-state index in [1.807, 2.05) is 13.8 Å². The number of aliphatic hydroxyl groups excluding tert-OH is 2. The van der Waals surface area contributed by atoms with Gasteiger partial charge in [0.05, 0.1) is 80.9 Å². The van der Waals surface area contributed by atoms with Crippen LogP contribution in [0.2, 0.25) is 0 Å². The maximum atomic E-state index is 14.3. The lowest BCUT2D eigenvalue weighted by molar-refractivity contribution is -0.137. The molecule has 4 aromatic rings. The first kappa shape index (κ1) is 74.8. The number of carbonyl (C=O) groups is 9. The first-order valence-corrected chi connectivity index (χ1v) is 32.7. The maximum absolute atomic E-state index is 14.3. The number of nitrogens with zero attached hydrogens (tertiary/aromatic N) is 6. The van der Waals surface area contributed by atoms with E-state index in [2.05, 4.69) is 39.4 Å². The summed E-state index contributed by atoms with van der Waals surface area (Å²) in [4.78, 5) is 122. The number of anilines is 2. The van der Waals surface area contributed by atoms with Crippen LogP contribution < -0.4 is 40.6 Å². The molecular formula is C70H92N10O17. The van der Waals surface area contributed by atoms with Crippen LogP contribution in [0.25, 0.3) is 0 Å². The van der Waals surface area contributed by atoms with E-state index in [0.29, 0.717) is 87.6 Å². The van der Waals surface area contributed by atoms with Crippen LogP contribution in [0.3, 0.4) is 0 Å². The first-order valence-electron chi connectivity index (χ1n) is 32.7. The highest BCUT2D eigenvalue weighted by Crippen LogP contribution is 2.39. The van der Waals surface area contributed by atoms with Gasteiger partial charge in [-0.15, -0.1) is 5.10 Å². The Kier molecular flexibility index (Phi) is 27.3. The number of primary amides is 1. The van der Waals surface area contributed by atoms with Gasteiger partial charge in [-0.05, 0) is 108 Å². The van der Waals surface area contributed by atoms with Crippen molar-refractivity contribution in [1.29, 1.82) is 0 Å². The van der Waals surface area contributed by atoms with E-state index in [-0.39, 0.29) is 153 Å². The smallest absolute Gasteiger partial charge is 0.412 e. The maximum Gasteiger partial charge on any atom is 0.412 e. The number of hydrogen-bond donors (Lipinski definition) is 6. The van der Waals surface area contributed by atoms with Crippen LogP contribution in [0.5, 0.6) is 23.0 Å². The number of urea groups is 1. The topological polar surface area (TPSA) is 352 Å². The summed E-state index contributed by atoms with van der Waals surface area (Å²) in [6, 6.07) is 10.3. The number of amides is 8. The van der Waals surface area contributed by atoms with Crippen molar-refractivity contribution in [3.8, 4) is 23.0 Å². The normalized spacial score (nSPS) is 16.0. The highest BCUT2D eigenvalue weighted by molar-refractivity contribution is 6.13. The van der Waals surface area contributed by atoms with Crippen LogP contribution in [0.4, 0.5) is 25.8 Å². The fraction of sp³-hybridized carbons (Fsp3) is 0.500. The third-order valence-electron chi connectivity index (χ3n) is 16.7. The predicted octanol–water partition coefficient (Wildman–Crippen LogP) is 8.53.